The smallest absolute Gasteiger partial charge is 0.328 e. The van der Waals surface area contributed by atoms with Crippen molar-refractivity contribution in [1.29, 1.82) is 0 Å². The van der Waals surface area contributed by atoms with Gasteiger partial charge in [0, 0.05) is 44.4 Å². The number of piperazine rings is 1. The number of carboxylic acid groups (broad SMARTS) is 2. The number of nitrogens with one attached hydrogen (secondary N) is 1. The van der Waals surface area contributed by atoms with Crippen LogP contribution in [0, 0.1) is 11.6 Å². The number of nitrogens with zero attached hydrogens (tertiary/aromatic N) is 1. The van der Waals surface area contributed by atoms with Crippen LogP contribution in [0.25, 0.3) is 11.0 Å². The second-order valence-corrected chi connectivity index (χ2v) is 5.10. The van der Waals surface area contributed by atoms with Crippen LogP contribution in [0.5, 0.6) is 0 Å². The Labute approximate surface area is 141 Å². The molecule has 134 valence electrons. The number of hydrogen-bond acceptors (Lipinski definition) is 5. The fourth-order valence-electron chi connectivity index (χ4n) is 2.34. The predicted octanol–water partition coefficient (Wildman–Crippen LogP) is 1.83. The Kier molecular flexibility index (Phi) is 6.07. The number of furan rings is 1. The summed E-state index contributed by atoms with van der Waals surface area (Å²) in [5, 5.41) is 19.0. The maximum Gasteiger partial charge on any atom is 0.328 e. The van der Waals surface area contributed by atoms with Crippen molar-refractivity contribution in [2.45, 2.75) is 0 Å². The van der Waals surface area contributed by atoms with Gasteiger partial charge in [0.05, 0.1) is 17.3 Å². The van der Waals surface area contributed by atoms with E-state index in [2.05, 4.69) is 5.32 Å². The zero-order chi connectivity index (χ0) is 18.4. The van der Waals surface area contributed by atoms with Gasteiger partial charge in [-0.25, -0.2) is 18.4 Å². The second-order valence-electron chi connectivity index (χ2n) is 5.10. The van der Waals surface area contributed by atoms with E-state index in [1.165, 1.54) is 18.4 Å². The molecular weight excluding hydrogens is 338 g/mol. The molecule has 3 N–H and O–H groups in total. The van der Waals surface area contributed by atoms with Gasteiger partial charge < -0.3 is 24.8 Å². The molecule has 0 bridgehead atoms. The molecule has 3 rings (SSSR count). The molecule has 0 aliphatic carbocycles. The summed E-state index contributed by atoms with van der Waals surface area (Å²) >= 11 is 0. The molecule has 0 saturated carbocycles. The quantitative estimate of drug-likeness (QED) is 0.723. The number of rotatable bonds is 3. The van der Waals surface area contributed by atoms with E-state index >= 15 is 0 Å². The molecule has 0 spiro atoms. The molecule has 0 unspecified atom stereocenters. The van der Waals surface area contributed by atoms with Crippen LogP contribution in [-0.4, -0.2) is 48.3 Å². The highest BCUT2D eigenvalue weighted by Crippen LogP contribution is 2.31. The lowest BCUT2D eigenvalue weighted by molar-refractivity contribution is -0.134. The Balaban J connectivity index is 0.000000242. The molecular formula is C16H16F2N2O5. The molecule has 1 fully saturated rings. The van der Waals surface area contributed by atoms with Crippen LogP contribution in [-0.2, 0) is 9.59 Å². The van der Waals surface area contributed by atoms with Gasteiger partial charge in [-0.2, -0.15) is 0 Å². The van der Waals surface area contributed by atoms with E-state index in [4.69, 9.17) is 14.6 Å². The van der Waals surface area contributed by atoms with Gasteiger partial charge in [0.1, 0.15) is 0 Å². The largest absolute Gasteiger partial charge is 0.478 e. The average Bonchev–Trinajstić information content (AvgIpc) is 3.07. The van der Waals surface area contributed by atoms with Gasteiger partial charge in [0.2, 0.25) is 0 Å². The number of fused-ring (bicyclic) bond motifs is 1. The summed E-state index contributed by atoms with van der Waals surface area (Å²) in [6.45, 7) is 3.20. The third-order valence-corrected chi connectivity index (χ3v) is 3.43. The predicted molar refractivity (Wildman–Crippen MR) is 85.6 cm³/mol. The highest BCUT2D eigenvalue weighted by Gasteiger charge is 2.20. The minimum atomic E-state index is -1.26. The third kappa shape index (κ3) is 4.77. The van der Waals surface area contributed by atoms with Crippen LogP contribution in [0.1, 0.15) is 0 Å². The van der Waals surface area contributed by atoms with Crippen LogP contribution in [0.15, 0.2) is 35.0 Å². The van der Waals surface area contributed by atoms with E-state index in [1.54, 1.807) is 0 Å². The van der Waals surface area contributed by atoms with Crippen molar-refractivity contribution in [2.75, 3.05) is 31.1 Å². The SMILES string of the molecule is Fc1cc(N2CCNCC2)c2occc2c1F.O=C(O)/C=C/C(=O)O. The standard InChI is InChI=1S/C12H12F2N2O.C4H4O4/c13-9-7-10(16-4-2-15-3-5-16)12-8(11(9)14)1-6-17-12;5-3(6)1-2-4(7)8/h1,6-7,15H,2-5H2;1-2H,(H,5,6)(H,7,8)/b;2-1+. The van der Waals surface area contributed by atoms with Gasteiger partial charge in [-0.1, -0.05) is 0 Å². The van der Waals surface area contributed by atoms with E-state index in [0.717, 1.165) is 26.2 Å². The van der Waals surface area contributed by atoms with Crippen LogP contribution in [0.2, 0.25) is 0 Å². The first-order valence-corrected chi connectivity index (χ1v) is 7.35. The van der Waals surface area contributed by atoms with Crippen LogP contribution in [0.4, 0.5) is 14.5 Å². The molecule has 9 heteroatoms. The minimum absolute atomic E-state index is 0.207. The fourth-order valence-corrected chi connectivity index (χ4v) is 2.34. The zero-order valence-electron chi connectivity index (χ0n) is 13.0. The third-order valence-electron chi connectivity index (χ3n) is 3.43. The molecule has 1 aliphatic heterocycles. The number of halogens is 2. The van der Waals surface area contributed by atoms with E-state index in [1.807, 2.05) is 4.90 Å². The summed E-state index contributed by atoms with van der Waals surface area (Å²) in [5.74, 6) is -4.18. The average molecular weight is 354 g/mol. The van der Waals surface area contributed by atoms with Crippen LogP contribution in [0.3, 0.4) is 0 Å². The zero-order valence-corrected chi connectivity index (χ0v) is 13.0. The summed E-state index contributed by atoms with van der Waals surface area (Å²) in [5.41, 5.74) is 1.05. The van der Waals surface area contributed by atoms with Gasteiger partial charge in [-0.3, -0.25) is 0 Å². The number of carboxylic acids is 2. The second kappa shape index (κ2) is 8.25. The van der Waals surface area contributed by atoms with Gasteiger partial charge in [0.25, 0.3) is 0 Å². The first-order valence-electron chi connectivity index (χ1n) is 7.35. The summed E-state index contributed by atoms with van der Waals surface area (Å²) in [6.07, 6.45) is 2.50. The van der Waals surface area contributed by atoms with Gasteiger partial charge in [-0.05, 0) is 6.07 Å². The van der Waals surface area contributed by atoms with Crippen LogP contribution < -0.4 is 10.2 Å². The minimum Gasteiger partial charge on any atom is -0.478 e. The molecule has 1 aromatic carbocycles. The van der Waals surface area contributed by atoms with E-state index in [-0.39, 0.29) is 5.39 Å². The topological polar surface area (TPSA) is 103 Å². The van der Waals surface area contributed by atoms with E-state index in [9.17, 15) is 18.4 Å². The Morgan fingerprint density at radius 1 is 1.16 bits per heavy atom. The number of aliphatic carboxylic acids is 2. The van der Waals surface area contributed by atoms with Crippen LogP contribution >= 0.6 is 0 Å². The lowest BCUT2D eigenvalue weighted by atomic mass is 10.2. The lowest BCUT2D eigenvalue weighted by Gasteiger charge is -2.29. The normalized spacial score (nSPS) is 14.4. The summed E-state index contributed by atoms with van der Waals surface area (Å²) in [4.78, 5) is 21.1. The maximum absolute atomic E-state index is 13.5. The molecule has 1 saturated heterocycles. The number of carbonyl (C=O) groups is 2. The maximum atomic E-state index is 13.5. The Morgan fingerprint density at radius 3 is 2.32 bits per heavy atom. The van der Waals surface area contributed by atoms with Crippen molar-refractivity contribution < 1.29 is 33.0 Å². The molecule has 25 heavy (non-hydrogen) atoms. The molecule has 0 radical (unpaired) electrons. The molecule has 2 heterocycles. The summed E-state index contributed by atoms with van der Waals surface area (Å²) in [7, 11) is 0. The highest BCUT2D eigenvalue weighted by atomic mass is 19.2. The van der Waals surface area contributed by atoms with Gasteiger partial charge in [-0.15, -0.1) is 0 Å². The Morgan fingerprint density at radius 2 is 1.76 bits per heavy atom. The molecule has 1 aromatic heterocycles. The number of benzene rings is 1. The van der Waals surface area contributed by atoms with Crippen molar-refractivity contribution in [3.05, 3.63) is 42.2 Å². The first-order chi connectivity index (χ1) is 11.9. The molecule has 2 aromatic rings. The monoisotopic (exact) mass is 354 g/mol. The summed E-state index contributed by atoms with van der Waals surface area (Å²) < 4.78 is 32.3. The number of anilines is 1. The Bertz CT molecular complexity index is 781. The fraction of sp³-hybridized carbons (Fsp3) is 0.250. The van der Waals surface area contributed by atoms with E-state index < -0.39 is 23.6 Å². The summed E-state index contributed by atoms with van der Waals surface area (Å²) in [6, 6.07) is 2.67. The van der Waals surface area contributed by atoms with Crippen molar-refractivity contribution in [1.82, 2.24) is 5.32 Å². The highest BCUT2D eigenvalue weighted by molar-refractivity contribution is 5.90. The van der Waals surface area contributed by atoms with Crippen molar-refractivity contribution in [3.8, 4) is 0 Å². The molecule has 7 nitrogen and oxygen atoms in total. The molecule has 0 amide bonds. The Hall–Kier alpha value is -2.94. The van der Waals surface area contributed by atoms with Crippen molar-refractivity contribution in [2.24, 2.45) is 0 Å². The van der Waals surface area contributed by atoms with E-state index in [0.29, 0.717) is 23.4 Å². The molecule has 1 aliphatic rings. The lowest BCUT2D eigenvalue weighted by Crippen LogP contribution is -2.43. The van der Waals surface area contributed by atoms with Crippen molar-refractivity contribution >= 4 is 28.6 Å². The van der Waals surface area contributed by atoms with Crippen molar-refractivity contribution in [3.63, 3.8) is 0 Å². The molecule has 0 atom stereocenters. The van der Waals surface area contributed by atoms with Gasteiger partial charge in [0.15, 0.2) is 17.2 Å². The first kappa shape index (κ1) is 18.4. The van der Waals surface area contributed by atoms with Gasteiger partial charge >= 0.3 is 11.9 Å². The number of hydrogen-bond donors (Lipinski definition) is 3.